The normalized spacial score (nSPS) is 12.6. The molecule has 89 heavy (non-hydrogen) atoms. The Balaban J connectivity index is 3.38. The quantitative estimate of drug-likeness (QED) is 0.0320. The van der Waals surface area contributed by atoms with Crippen LogP contribution in [0.3, 0.4) is 0 Å². The molecular weight excluding hydrogens is 1090 g/mol. The lowest BCUT2D eigenvalue weighted by atomic mass is 10.0. The standard InChI is InChI=1S/C83H159NO5/c1-3-5-7-9-11-13-15-17-19-20-21-22-23-32-35-38-41-44-48-51-55-59-63-67-71-75-81(86)80(79-85)84-82(87)76-72-68-64-60-56-52-49-45-42-39-36-33-30-28-26-24-25-27-29-31-34-37-40-43-46-50-54-58-62-66-70-74-78-89-83(88)77-73-69-65-61-57-53-47-18-16-14-12-10-8-6-4-2/h18,27,29,47,71,75,80-81,85-86H,3-17,19-26,28,30-46,48-70,72-74,76-79H2,1-2H3,(H,84,87)/b29-27-,47-18-,75-71+. The van der Waals surface area contributed by atoms with E-state index in [1.807, 2.05) is 6.08 Å². The highest BCUT2D eigenvalue weighted by atomic mass is 16.5. The van der Waals surface area contributed by atoms with E-state index in [2.05, 4.69) is 43.5 Å². The molecule has 0 aliphatic carbocycles. The molecule has 6 nitrogen and oxygen atoms in total. The number of amides is 1. The second-order valence-corrected chi connectivity index (χ2v) is 28.1. The number of aliphatic hydroxyl groups is 2. The summed E-state index contributed by atoms with van der Waals surface area (Å²) in [7, 11) is 0. The number of hydrogen-bond donors (Lipinski definition) is 3. The Morgan fingerprint density at radius 1 is 0.303 bits per heavy atom. The van der Waals surface area contributed by atoms with Crippen LogP contribution in [-0.2, 0) is 14.3 Å². The van der Waals surface area contributed by atoms with E-state index in [1.165, 1.54) is 385 Å². The third-order valence-corrected chi connectivity index (χ3v) is 19.1. The number of unbranched alkanes of at least 4 members (excludes halogenated alkanes) is 62. The number of esters is 1. The van der Waals surface area contributed by atoms with Gasteiger partial charge in [-0.1, -0.05) is 397 Å². The van der Waals surface area contributed by atoms with Crippen LogP contribution >= 0.6 is 0 Å². The minimum Gasteiger partial charge on any atom is -0.466 e. The molecule has 0 aliphatic rings. The maximum absolute atomic E-state index is 12.6. The van der Waals surface area contributed by atoms with Gasteiger partial charge in [0.05, 0.1) is 25.4 Å². The molecule has 6 heteroatoms. The summed E-state index contributed by atoms with van der Waals surface area (Å²) in [6, 6.07) is -0.628. The van der Waals surface area contributed by atoms with E-state index in [0.717, 1.165) is 44.9 Å². The summed E-state index contributed by atoms with van der Waals surface area (Å²) in [6.07, 6.45) is 103. The van der Waals surface area contributed by atoms with E-state index in [9.17, 15) is 19.8 Å². The Morgan fingerprint density at radius 2 is 0.528 bits per heavy atom. The molecule has 0 saturated heterocycles. The largest absolute Gasteiger partial charge is 0.466 e. The van der Waals surface area contributed by atoms with Crippen molar-refractivity contribution in [2.24, 2.45) is 0 Å². The van der Waals surface area contributed by atoms with E-state index < -0.39 is 12.1 Å². The molecule has 1 amide bonds. The molecule has 0 bridgehead atoms. The van der Waals surface area contributed by atoms with Gasteiger partial charge in [0, 0.05) is 12.8 Å². The number of rotatable bonds is 77. The fraction of sp³-hybridized carbons (Fsp3) is 0.904. The topological polar surface area (TPSA) is 95.9 Å². The second kappa shape index (κ2) is 78.5. The van der Waals surface area contributed by atoms with E-state index in [-0.39, 0.29) is 18.5 Å². The fourth-order valence-electron chi connectivity index (χ4n) is 12.9. The third kappa shape index (κ3) is 75.0. The van der Waals surface area contributed by atoms with Crippen LogP contribution in [0.25, 0.3) is 0 Å². The van der Waals surface area contributed by atoms with Crippen molar-refractivity contribution in [3.8, 4) is 0 Å². The molecule has 2 atom stereocenters. The zero-order valence-electron chi connectivity index (χ0n) is 60.4. The lowest BCUT2D eigenvalue weighted by molar-refractivity contribution is -0.143. The van der Waals surface area contributed by atoms with Gasteiger partial charge in [-0.25, -0.2) is 0 Å². The number of ether oxygens (including phenoxy) is 1. The van der Waals surface area contributed by atoms with Crippen LogP contribution in [0.4, 0.5) is 0 Å². The fourth-order valence-corrected chi connectivity index (χ4v) is 12.9. The first kappa shape index (κ1) is 87.1. The Bertz CT molecular complexity index is 1440. The minimum absolute atomic E-state index is 0.0108. The van der Waals surface area contributed by atoms with E-state index >= 15 is 0 Å². The van der Waals surface area contributed by atoms with Crippen molar-refractivity contribution >= 4 is 11.9 Å². The van der Waals surface area contributed by atoms with Crippen molar-refractivity contribution in [1.82, 2.24) is 5.32 Å². The van der Waals surface area contributed by atoms with Gasteiger partial charge in [0.1, 0.15) is 0 Å². The van der Waals surface area contributed by atoms with Gasteiger partial charge in [-0.3, -0.25) is 9.59 Å². The van der Waals surface area contributed by atoms with Crippen molar-refractivity contribution in [3.63, 3.8) is 0 Å². The van der Waals surface area contributed by atoms with E-state index in [1.54, 1.807) is 6.08 Å². The summed E-state index contributed by atoms with van der Waals surface area (Å²) in [6.45, 7) is 4.95. The molecule has 3 N–H and O–H groups in total. The molecule has 0 heterocycles. The monoisotopic (exact) mass is 1250 g/mol. The van der Waals surface area contributed by atoms with Crippen molar-refractivity contribution in [2.75, 3.05) is 13.2 Å². The van der Waals surface area contributed by atoms with Gasteiger partial charge in [0.15, 0.2) is 0 Å². The maximum atomic E-state index is 12.6. The average Bonchev–Trinajstić information content (AvgIpc) is 3.57. The first-order valence-electron chi connectivity index (χ1n) is 40.8. The molecule has 0 rings (SSSR count). The van der Waals surface area contributed by atoms with Crippen molar-refractivity contribution in [1.29, 1.82) is 0 Å². The number of aliphatic hydroxyl groups excluding tert-OH is 2. The number of nitrogens with one attached hydrogen (secondary N) is 1. The Hall–Kier alpha value is -1.92. The van der Waals surface area contributed by atoms with Gasteiger partial charge < -0.3 is 20.3 Å². The summed E-state index contributed by atoms with van der Waals surface area (Å²) in [5.74, 6) is -0.0493. The van der Waals surface area contributed by atoms with E-state index in [4.69, 9.17) is 4.74 Å². The molecule has 2 unspecified atom stereocenters. The minimum atomic E-state index is -0.845. The first-order valence-corrected chi connectivity index (χ1v) is 40.8. The van der Waals surface area contributed by atoms with Crippen LogP contribution in [0.1, 0.15) is 457 Å². The van der Waals surface area contributed by atoms with Gasteiger partial charge in [-0.15, -0.1) is 0 Å². The van der Waals surface area contributed by atoms with Crippen LogP contribution in [0.15, 0.2) is 36.5 Å². The molecule has 0 aliphatic heterocycles. The summed E-state index contributed by atoms with van der Waals surface area (Å²) in [5.41, 5.74) is 0. The molecule has 0 aromatic rings. The number of hydrogen-bond acceptors (Lipinski definition) is 5. The SMILES string of the molecule is CCCCCCCC/C=C\CCCCCCCC(=O)OCCCCCCCCCCCCCC/C=C\CCCCCCCCCCCCCCCCCCC(=O)NC(CO)C(O)/C=C/CCCCCCCCCCCCCCCCCCCCCCCCC. The number of allylic oxidation sites excluding steroid dienone is 5. The second-order valence-electron chi connectivity index (χ2n) is 28.1. The van der Waals surface area contributed by atoms with Crippen LogP contribution in [0.2, 0.25) is 0 Å². The predicted octanol–water partition coefficient (Wildman–Crippen LogP) is 27.0. The van der Waals surface area contributed by atoms with E-state index in [0.29, 0.717) is 19.4 Å². The Morgan fingerprint density at radius 3 is 0.798 bits per heavy atom. The zero-order chi connectivity index (χ0) is 64.2. The smallest absolute Gasteiger partial charge is 0.305 e. The van der Waals surface area contributed by atoms with Crippen LogP contribution in [-0.4, -0.2) is 47.4 Å². The summed E-state index contributed by atoms with van der Waals surface area (Å²) in [5, 5.41) is 23.3. The summed E-state index contributed by atoms with van der Waals surface area (Å²) < 4.78 is 5.50. The van der Waals surface area contributed by atoms with Crippen molar-refractivity contribution in [3.05, 3.63) is 36.5 Å². The van der Waals surface area contributed by atoms with Crippen LogP contribution in [0.5, 0.6) is 0 Å². The Kier molecular flexibility index (Phi) is 76.8. The van der Waals surface area contributed by atoms with Gasteiger partial charge in [-0.2, -0.15) is 0 Å². The molecule has 0 spiro atoms. The summed E-state index contributed by atoms with van der Waals surface area (Å²) >= 11 is 0. The molecule has 0 saturated carbocycles. The van der Waals surface area contributed by atoms with Gasteiger partial charge >= 0.3 is 5.97 Å². The highest BCUT2D eigenvalue weighted by Crippen LogP contribution is 2.20. The van der Waals surface area contributed by atoms with Gasteiger partial charge in [-0.05, 0) is 83.5 Å². The molecule has 526 valence electrons. The zero-order valence-corrected chi connectivity index (χ0v) is 60.4. The number of carbonyl (C=O) groups excluding carboxylic acids is 2. The average molecular weight is 1250 g/mol. The maximum Gasteiger partial charge on any atom is 0.305 e. The molecular formula is C83H159NO5. The molecule has 0 aromatic carbocycles. The lowest BCUT2D eigenvalue weighted by Crippen LogP contribution is -2.45. The Labute approximate surface area is 557 Å². The first-order chi connectivity index (χ1) is 44.0. The molecule has 0 aromatic heterocycles. The molecule has 0 radical (unpaired) electrons. The third-order valence-electron chi connectivity index (χ3n) is 19.1. The summed E-state index contributed by atoms with van der Waals surface area (Å²) in [4.78, 5) is 24.6. The van der Waals surface area contributed by atoms with Gasteiger partial charge in [0.2, 0.25) is 5.91 Å². The van der Waals surface area contributed by atoms with Gasteiger partial charge in [0.25, 0.3) is 0 Å². The number of carbonyl (C=O) groups is 2. The van der Waals surface area contributed by atoms with Crippen LogP contribution < -0.4 is 5.32 Å². The van der Waals surface area contributed by atoms with Crippen molar-refractivity contribution < 1.29 is 24.5 Å². The molecule has 0 fully saturated rings. The van der Waals surface area contributed by atoms with Crippen LogP contribution in [0, 0.1) is 0 Å². The highest BCUT2D eigenvalue weighted by Gasteiger charge is 2.18. The predicted molar refractivity (Wildman–Crippen MR) is 393 cm³/mol. The highest BCUT2D eigenvalue weighted by molar-refractivity contribution is 5.76. The van der Waals surface area contributed by atoms with Crippen molar-refractivity contribution in [2.45, 2.75) is 469 Å². The lowest BCUT2D eigenvalue weighted by Gasteiger charge is -2.20.